The van der Waals surface area contributed by atoms with Gasteiger partial charge < -0.3 is 0 Å². The molecule has 0 saturated heterocycles. The lowest BCUT2D eigenvalue weighted by Gasteiger charge is -2.06. The summed E-state index contributed by atoms with van der Waals surface area (Å²) in [5.74, 6) is 0.0317. The van der Waals surface area contributed by atoms with Crippen molar-refractivity contribution in [2.75, 3.05) is 6.61 Å². The second-order valence-electron chi connectivity index (χ2n) is 8.12. The Balaban J connectivity index is 3.17. The van der Waals surface area contributed by atoms with Crippen LogP contribution in [0.2, 0.25) is 0 Å². The molecule has 0 aromatic heterocycles. The molecule has 0 aliphatic carbocycles. The molecule has 1 amide bonds. The number of nitrogens with one attached hydrogen (secondary N) is 1. The van der Waals surface area contributed by atoms with Crippen LogP contribution in [-0.4, -0.2) is 12.5 Å². The monoisotopic (exact) mass is 395 g/mol. The molecular weight excluding hydrogens is 346 g/mol. The molecule has 0 bridgehead atoms. The minimum absolute atomic E-state index is 0.0317. The summed E-state index contributed by atoms with van der Waals surface area (Å²) in [6, 6.07) is 0. The van der Waals surface area contributed by atoms with E-state index in [1.807, 2.05) is 0 Å². The maximum absolute atomic E-state index is 11.6. The molecule has 0 fully saturated rings. The first kappa shape index (κ1) is 27.2. The van der Waals surface area contributed by atoms with Crippen LogP contribution in [0.3, 0.4) is 0 Å². The summed E-state index contributed by atoms with van der Waals surface area (Å²) in [4.78, 5) is 16.9. The molecule has 0 spiro atoms. The quantitative estimate of drug-likeness (QED) is 0.114. The van der Waals surface area contributed by atoms with Gasteiger partial charge in [0.05, 0.1) is 6.61 Å². The van der Waals surface area contributed by atoms with Crippen LogP contribution >= 0.6 is 0 Å². The highest BCUT2D eigenvalue weighted by atomic mass is 16.6. The molecule has 3 nitrogen and oxygen atoms in total. The number of unbranched alkanes of at least 4 members (excludes halogenated alkanes) is 15. The van der Waals surface area contributed by atoms with Gasteiger partial charge in [0.2, 0.25) is 5.91 Å². The highest BCUT2D eigenvalue weighted by Crippen LogP contribution is 2.09. The van der Waals surface area contributed by atoms with E-state index in [2.05, 4.69) is 31.5 Å². The van der Waals surface area contributed by atoms with E-state index in [0.29, 0.717) is 13.0 Å². The van der Waals surface area contributed by atoms with Gasteiger partial charge in [-0.15, -0.1) is 0 Å². The van der Waals surface area contributed by atoms with Gasteiger partial charge in [-0.3, -0.25) is 9.63 Å². The predicted molar refractivity (Wildman–Crippen MR) is 122 cm³/mol. The number of hydrogen-bond acceptors (Lipinski definition) is 2. The maximum Gasteiger partial charge on any atom is 0.243 e. The van der Waals surface area contributed by atoms with Crippen molar-refractivity contribution in [2.45, 2.75) is 136 Å². The van der Waals surface area contributed by atoms with E-state index in [1.165, 1.54) is 96.3 Å². The third-order valence-corrected chi connectivity index (χ3v) is 5.20. The molecule has 1 N–H and O–H groups in total. The van der Waals surface area contributed by atoms with Gasteiger partial charge in [0.25, 0.3) is 0 Å². The molecule has 0 heterocycles. The van der Waals surface area contributed by atoms with Crippen LogP contribution in [0.4, 0.5) is 0 Å². The number of hydroxylamine groups is 1. The maximum atomic E-state index is 11.6. The van der Waals surface area contributed by atoms with E-state index in [1.54, 1.807) is 0 Å². The third kappa shape index (κ3) is 23.2. The van der Waals surface area contributed by atoms with Crippen molar-refractivity contribution in [3.8, 4) is 0 Å². The number of carbonyl (C=O) groups excluding carboxylic acids is 1. The second kappa shape index (κ2) is 24.2. The summed E-state index contributed by atoms with van der Waals surface area (Å²) in [6.07, 6.45) is 28.1. The Morgan fingerprint density at radius 1 is 0.643 bits per heavy atom. The van der Waals surface area contributed by atoms with Gasteiger partial charge in [-0.1, -0.05) is 103 Å². The van der Waals surface area contributed by atoms with Crippen molar-refractivity contribution in [2.24, 2.45) is 0 Å². The summed E-state index contributed by atoms with van der Waals surface area (Å²) < 4.78 is 0. The summed E-state index contributed by atoms with van der Waals surface area (Å²) in [7, 11) is 0. The van der Waals surface area contributed by atoms with E-state index in [0.717, 1.165) is 19.3 Å². The van der Waals surface area contributed by atoms with Gasteiger partial charge in [-0.2, -0.15) is 0 Å². The van der Waals surface area contributed by atoms with Gasteiger partial charge in [-0.25, -0.2) is 5.48 Å². The lowest BCUT2D eigenvalue weighted by atomic mass is 10.1. The van der Waals surface area contributed by atoms with Crippen LogP contribution in [0, 0.1) is 0 Å². The Bertz CT molecular complexity index is 341. The molecule has 0 radical (unpaired) electrons. The van der Waals surface area contributed by atoms with Crippen LogP contribution in [0.25, 0.3) is 0 Å². The first-order chi connectivity index (χ1) is 13.8. The average molecular weight is 396 g/mol. The van der Waals surface area contributed by atoms with Gasteiger partial charge >= 0.3 is 0 Å². The lowest BCUT2D eigenvalue weighted by Crippen LogP contribution is -2.23. The van der Waals surface area contributed by atoms with Crippen LogP contribution in [0.1, 0.15) is 136 Å². The fourth-order valence-electron chi connectivity index (χ4n) is 3.32. The topological polar surface area (TPSA) is 38.3 Å². The largest absolute Gasteiger partial charge is 0.274 e. The molecule has 28 heavy (non-hydrogen) atoms. The SMILES string of the molecule is CCCCCCCCC=CCCCCCCCONC(=O)CCCCCCC. The molecule has 0 saturated carbocycles. The number of hydrogen-bond donors (Lipinski definition) is 1. The van der Waals surface area contributed by atoms with E-state index < -0.39 is 0 Å². The zero-order chi connectivity index (χ0) is 20.5. The highest BCUT2D eigenvalue weighted by molar-refractivity contribution is 5.74. The van der Waals surface area contributed by atoms with E-state index in [9.17, 15) is 4.79 Å². The molecule has 0 aliphatic rings. The first-order valence-corrected chi connectivity index (χ1v) is 12.4. The Hall–Kier alpha value is -0.830. The Morgan fingerprint density at radius 3 is 1.68 bits per heavy atom. The lowest BCUT2D eigenvalue weighted by molar-refractivity contribution is -0.133. The Morgan fingerprint density at radius 2 is 1.11 bits per heavy atom. The Labute approximate surface area is 176 Å². The minimum Gasteiger partial charge on any atom is -0.274 e. The molecule has 0 rings (SSSR count). The summed E-state index contributed by atoms with van der Waals surface area (Å²) in [6.45, 7) is 5.11. The van der Waals surface area contributed by atoms with E-state index in [4.69, 9.17) is 4.84 Å². The van der Waals surface area contributed by atoms with Crippen LogP contribution < -0.4 is 5.48 Å². The third-order valence-electron chi connectivity index (χ3n) is 5.20. The summed E-state index contributed by atoms with van der Waals surface area (Å²) in [5, 5.41) is 0. The summed E-state index contributed by atoms with van der Waals surface area (Å²) >= 11 is 0. The van der Waals surface area contributed by atoms with Crippen molar-refractivity contribution < 1.29 is 9.63 Å². The zero-order valence-corrected chi connectivity index (χ0v) is 19.1. The zero-order valence-electron chi connectivity index (χ0n) is 19.1. The van der Waals surface area contributed by atoms with Crippen molar-refractivity contribution in [3.05, 3.63) is 12.2 Å². The average Bonchev–Trinajstić information content (AvgIpc) is 2.70. The van der Waals surface area contributed by atoms with Gasteiger partial charge in [0, 0.05) is 6.42 Å². The smallest absolute Gasteiger partial charge is 0.243 e. The molecule has 3 heteroatoms. The van der Waals surface area contributed by atoms with Crippen molar-refractivity contribution >= 4 is 5.91 Å². The number of allylic oxidation sites excluding steroid dienone is 2. The van der Waals surface area contributed by atoms with E-state index in [-0.39, 0.29) is 5.91 Å². The molecule has 166 valence electrons. The first-order valence-electron chi connectivity index (χ1n) is 12.4. The normalized spacial score (nSPS) is 11.4. The fourth-order valence-corrected chi connectivity index (χ4v) is 3.32. The van der Waals surface area contributed by atoms with Crippen LogP contribution in [-0.2, 0) is 9.63 Å². The molecule has 0 aliphatic heterocycles. The molecule has 0 atom stereocenters. The number of amides is 1. The van der Waals surface area contributed by atoms with Crippen molar-refractivity contribution in [1.82, 2.24) is 5.48 Å². The van der Waals surface area contributed by atoms with Crippen LogP contribution in [0.15, 0.2) is 12.2 Å². The van der Waals surface area contributed by atoms with Crippen molar-refractivity contribution in [1.29, 1.82) is 0 Å². The Kier molecular flexibility index (Phi) is 23.5. The van der Waals surface area contributed by atoms with Gasteiger partial charge in [0.15, 0.2) is 0 Å². The van der Waals surface area contributed by atoms with Crippen LogP contribution in [0.5, 0.6) is 0 Å². The fraction of sp³-hybridized carbons (Fsp3) is 0.880. The molecule has 0 aromatic rings. The summed E-state index contributed by atoms with van der Waals surface area (Å²) in [5.41, 5.74) is 2.58. The molecule has 0 aromatic carbocycles. The minimum atomic E-state index is 0.0317. The van der Waals surface area contributed by atoms with E-state index >= 15 is 0 Å². The second-order valence-corrected chi connectivity index (χ2v) is 8.12. The number of rotatable bonds is 22. The van der Waals surface area contributed by atoms with Gasteiger partial charge in [0.1, 0.15) is 0 Å². The number of carbonyl (C=O) groups is 1. The standard InChI is InChI=1S/C25H49NO2/c1-3-5-7-9-10-11-12-13-14-15-16-17-18-20-22-24-28-26-25(27)23-21-19-8-6-4-2/h13-14H,3-12,15-24H2,1-2H3,(H,26,27). The molecule has 0 unspecified atom stereocenters. The highest BCUT2D eigenvalue weighted by Gasteiger charge is 2.00. The molecular formula is C25H49NO2. The van der Waals surface area contributed by atoms with Crippen molar-refractivity contribution in [3.63, 3.8) is 0 Å². The predicted octanol–water partition coefficient (Wildman–Crippen LogP) is 8.04. The van der Waals surface area contributed by atoms with Gasteiger partial charge in [-0.05, 0) is 38.5 Å².